The summed E-state index contributed by atoms with van der Waals surface area (Å²) in [5.74, 6) is 0. The van der Waals surface area contributed by atoms with Gasteiger partial charge in [0.05, 0.1) is 17.8 Å². The third kappa shape index (κ3) is 6.50. The maximum absolute atomic E-state index is 10.6. The first-order valence-corrected chi connectivity index (χ1v) is 13.1. The molecule has 33 heavy (non-hydrogen) atoms. The Hall–Kier alpha value is -2.07. The monoisotopic (exact) mass is 462 g/mol. The predicted molar refractivity (Wildman–Crippen MR) is 141 cm³/mol. The summed E-state index contributed by atoms with van der Waals surface area (Å²) in [6.07, 6.45) is 4.00. The summed E-state index contributed by atoms with van der Waals surface area (Å²) in [4.78, 5) is 2.48. The number of ether oxygens (including phenoxy) is 1. The van der Waals surface area contributed by atoms with E-state index < -0.39 is 5.60 Å². The number of rotatable bonds is 12. The maximum Gasteiger partial charge on any atom is 0.0926 e. The molecule has 0 fully saturated rings. The van der Waals surface area contributed by atoms with Crippen molar-refractivity contribution in [3.05, 3.63) is 84.4 Å². The minimum Gasteiger partial charge on any atom is -0.390 e. The van der Waals surface area contributed by atoms with Crippen LogP contribution >= 0.6 is 11.8 Å². The van der Waals surface area contributed by atoms with Crippen LogP contribution in [-0.2, 0) is 10.3 Å². The first-order valence-electron chi connectivity index (χ1n) is 12.3. The molecule has 2 nitrogen and oxygen atoms in total. The minimum absolute atomic E-state index is 0.314. The fourth-order valence-corrected chi connectivity index (χ4v) is 5.21. The summed E-state index contributed by atoms with van der Waals surface area (Å²) in [6, 6.07) is 28.0. The highest BCUT2D eigenvalue weighted by Crippen LogP contribution is 2.36. The highest BCUT2D eigenvalue weighted by molar-refractivity contribution is 7.99. The zero-order valence-electron chi connectivity index (χ0n) is 20.5. The second-order valence-corrected chi connectivity index (χ2v) is 9.90. The molecule has 1 N–H and O–H groups in total. The summed E-state index contributed by atoms with van der Waals surface area (Å²) in [5, 5.41) is 10.6. The molecule has 3 aromatic rings. The van der Waals surface area contributed by atoms with Gasteiger partial charge in [-0.15, -0.1) is 0 Å². The van der Waals surface area contributed by atoms with Crippen molar-refractivity contribution in [2.75, 3.05) is 6.61 Å². The van der Waals surface area contributed by atoms with Crippen molar-refractivity contribution in [2.24, 2.45) is 0 Å². The minimum atomic E-state index is -0.625. The molecule has 0 saturated carbocycles. The van der Waals surface area contributed by atoms with Crippen LogP contribution in [0, 0.1) is 0 Å². The van der Waals surface area contributed by atoms with Crippen molar-refractivity contribution >= 4 is 11.8 Å². The Bertz CT molecular complexity index is 974. The van der Waals surface area contributed by atoms with Gasteiger partial charge >= 0.3 is 0 Å². The molecule has 0 radical (unpaired) electrons. The fourth-order valence-electron chi connectivity index (χ4n) is 4.32. The van der Waals surface area contributed by atoms with Gasteiger partial charge in [0, 0.05) is 9.79 Å². The summed E-state index contributed by atoms with van der Waals surface area (Å²) in [6.45, 7) is 9.03. The number of hydrogen-bond acceptors (Lipinski definition) is 3. The smallest absolute Gasteiger partial charge is 0.0926 e. The molecular weight excluding hydrogens is 424 g/mol. The zero-order valence-corrected chi connectivity index (χ0v) is 21.3. The van der Waals surface area contributed by atoms with E-state index in [0.717, 1.165) is 25.7 Å². The molecule has 0 aliphatic heterocycles. The Balaban J connectivity index is 1.75. The van der Waals surface area contributed by atoms with Crippen molar-refractivity contribution in [3.8, 4) is 11.1 Å². The highest BCUT2D eigenvalue weighted by Gasteiger charge is 2.31. The van der Waals surface area contributed by atoms with E-state index in [4.69, 9.17) is 4.74 Å². The van der Waals surface area contributed by atoms with Gasteiger partial charge < -0.3 is 9.84 Å². The van der Waals surface area contributed by atoms with E-state index in [0.29, 0.717) is 13.0 Å². The first kappa shape index (κ1) is 25.6. The summed E-state index contributed by atoms with van der Waals surface area (Å²) in [5.41, 5.74) is 2.70. The lowest BCUT2D eigenvalue weighted by Crippen LogP contribution is -2.33. The van der Waals surface area contributed by atoms with Crippen LogP contribution in [0.3, 0.4) is 0 Å². The molecule has 0 amide bonds. The second kappa shape index (κ2) is 11.9. The second-order valence-electron chi connectivity index (χ2n) is 8.75. The van der Waals surface area contributed by atoms with E-state index >= 15 is 0 Å². The van der Waals surface area contributed by atoms with Crippen molar-refractivity contribution in [1.82, 2.24) is 0 Å². The van der Waals surface area contributed by atoms with Gasteiger partial charge in [0.1, 0.15) is 0 Å². The van der Waals surface area contributed by atoms with E-state index in [9.17, 15) is 5.11 Å². The predicted octanol–water partition coefficient (Wildman–Crippen LogP) is 8.48. The summed E-state index contributed by atoms with van der Waals surface area (Å²) in [7, 11) is 0. The number of benzene rings is 3. The highest BCUT2D eigenvalue weighted by atomic mass is 32.2. The van der Waals surface area contributed by atoms with Crippen LogP contribution in [0.15, 0.2) is 88.7 Å². The third-order valence-electron chi connectivity index (χ3n) is 6.96. The lowest BCUT2D eigenvalue weighted by Gasteiger charge is -2.34. The van der Waals surface area contributed by atoms with Crippen LogP contribution in [0.4, 0.5) is 0 Å². The van der Waals surface area contributed by atoms with E-state index in [1.54, 1.807) is 11.8 Å². The molecule has 0 saturated heterocycles. The zero-order chi connectivity index (χ0) is 23.7. The number of aliphatic hydroxyl groups is 1. The summed E-state index contributed by atoms with van der Waals surface area (Å²) >= 11 is 1.79. The van der Waals surface area contributed by atoms with E-state index in [-0.39, 0.29) is 5.60 Å². The third-order valence-corrected chi connectivity index (χ3v) is 7.96. The van der Waals surface area contributed by atoms with Gasteiger partial charge in [-0.25, -0.2) is 0 Å². The normalized spacial score (nSPS) is 12.2. The molecule has 3 heteroatoms. The van der Waals surface area contributed by atoms with Gasteiger partial charge in [-0.2, -0.15) is 0 Å². The van der Waals surface area contributed by atoms with Gasteiger partial charge in [-0.05, 0) is 73.1 Å². The van der Waals surface area contributed by atoms with E-state index in [2.05, 4.69) is 86.6 Å². The van der Waals surface area contributed by atoms with Crippen LogP contribution in [0.1, 0.15) is 65.4 Å². The molecule has 3 rings (SSSR count). The molecule has 0 spiro atoms. The molecule has 0 unspecified atom stereocenters. The average molecular weight is 463 g/mol. The van der Waals surface area contributed by atoms with Crippen molar-refractivity contribution in [2.45, 2.75) is 80.8 Å². The molecule has 0 aromatic heterocycles. The lowest BCUT2D eigenvalue weighted by molar-refractivity contribution is -0.0845. The van der Waals surface area contributed by atoms with Gasteiger partial charge in [-0.1, -0.05) is 94.1 Å². The largest absolute Gasteiger partial charge is 0.390 e. The molecule has 0 heterocycles. The van der Waals surface area contributed by atoms with Crippen LogP contribution in [0.2, 0.25) is 0 Å². The Kier molecular flexibility index (Phi) is 9.19. The molecular formula is C30H38O2S. The van der Waals surface area contributed by atoms with Crippen molar-refractivity contribution < 1.29 is 9.84 Å². The summed E-state index contributed by atoms with van der Waals surface area (Å²) < 4.78 is 6.48. The Labute approximate surface area is 204 Å². The first-order chi connectivity index (χ1) is 16.0. The van der Waals surface area contributed by atoms with E-state index in [1.807, 2.05) is 19.9 Å². The average Bonchev–Trinajstić information content (AvgIpc) is 2.88. The van der Waals surface area contributed by atoms with Crippen LogP contribution in [-0.4, -0.2) is 17.3 Å². The molecule has 0 atom stereocenters. The van der Waals surface area contributed by atoms with Gasteiger partial charge in [-0.3, -0.25) is 0 Å². The van der Waals surface area contributed by atoms with Gasteiger partial charge in [0.15, 0.2) is 0 Å². The lowest BCUT2D eigenvalue weighted by atomic mass is 9.87. The van der Waals surface area contributed by atoms with Crippen molar-refractivity contribution in [3.63, 3.8) is 0 Å². The molecule has 0 aliphatic carbocycles. The molecule has 3 aromatic carbocycles. The SMILES string of the molecule is CCC(O)(CC)CCOC(CC)(CC)c1ccc(-c2cccc(Sc3ccccc3)c2)cc1. The molecule has 0 aliphatic rings. The Morgan fingerprint density at radius 2 is 1.33 bits per heavy atom. The van der Waals surface area contributed by atoms with Crippen LogP contribution in [0.25, 0.3) is 11.1 Å². The standard InChI is InChI=1S/C30H38O2S/c1-5-29(31,6-2)21-22-32-30(7-3,8-4)26-19-17-24(18-20-26)25-13-12-16-28(23-25)33-27-14-10-9-11-15-27/h9-20,23,31H,5-8,21-22H2,1-4H3. The Morgan fingerprint density at radius 3 is 1.94 bits per heavy atom. The maximum atomic E-state index is 10.6. The number of hydrogen-bond donors (Lipinski definition) is 1. The van der Waals surface area contributed by atoms with Gasteiger partial charge in [0.2, 0.25) is 0 Å². The fraction of sp³-hybridized carbons (Fsp3) is 0.400. The van der Waals surface area contributed by atoms with E-state index in [1.165, 1.54) is 26.5 Å². The van der Waals surface area contributed by atoms with Gasteiger partial charge in [0.25, 0.3) is 0 Å². The Morgan fingerprint density at radius 1 is 0.697 bits per heavy atom. The quantitative estimate of drug-likeness (QED) is 0.293. The topological polar surface area (TPSA) is 29.5 Å². The van der Waals surface area contributed by atoms with Crippen LogP contribution in [0.5, 0.6) is 0 Å². The molecule has 0 bridgehead atoms. The molecule has 176 valence electrons. The van der Waals surface area contributed by atoms with Crippen molar-refractivity contribution in [1.29, 1.82) is 0 Å². The van der Waals surface area contributed by atoms with Crippen LogP contribution < -0.4 is 0 Å².